The molecule has 4 rings (SSSR count). The highest BCUT2D eigenvalue weighted by molar-refractivity contribution is 6.74. The lowest BCUT2D eigenvalue weighted by atomic mass is 10.2. The topological polar surface area (TPSA) is 109 Å². The van der Waals surface area contributed by atoms with Crippen molar-refractivity contribution in [2.24, 2.45) is 0 Å². The van der Waals surface area contributed by atoms with Crippen LogP contribution in [0.1, 0.15) is 59.8 Å². The first-order valence-corrected chi connectivity index (χ1v) is 20.1. The van der Waals surface area contributed by atoms with Crippen molar-refractivity contribution in [1.82, 2.24) is 19.5 Å². The van der Waals surface area contributed by atoms with Gasteiger partial charge in [0, 0.05) is 13.0 Å². The lowest BCUT2D eigenvalue weighted by Crippen LogP contribution is -2.48. The summed E-state index contributed by atoms with van der Waals surface area (Å²) in [7, 11) is -4.03. The van der Waals surface area contributed by atoms with Gasteiger partial charge in [-0.1, -0.05) is 71.9 Å². The number of nitrogens with two attached hydrogens (primary N) is 1. The molecule has 0 aliphatic carbocycles. The van der Waals surface area contributed by atoms with Crippen molar-refractivity contribution in [2.75, 3.05) is 17.7 Å². The summed E-state index contributed by atoms with van der Waals surface area (Å²) in [6, 6.07) is 10.2. The zero-order chi connectivity index (χ0) is 29.5. The minimum atomic E-state index is -2.06. The van der Waals surface area contributed by atoms with Gasteiger partial charge < -0.3 is 24.6 Å². The molecule has 9 nitrogen and oxygen atoms in total. The van der Waals surface area contributed by atoms with Crippen molar-refractivity contribution in [3.05, 3.63) is 42.2 Å². The van der Waals surface area contributed by atoms with Crippen LogP contribution >= 0.6 is 0 Å². The van der Waals surface area contributed by atoms with Crippen molar-refractivity contribution >= 4 is 39.6 Å². The third-order valence-corrected chi connectivity index (χ3v) is 17.9. The number of anilines is 2. The summed E-state index contributed by atoms with van der Waals surface area (Å²) in [5.41, 5.74) is 8.61. The number of nitrogen functional groups attached to an aromatic ring is 1. The van der Waals surface area contributed by atoms with E-state index in [1.807, 2.05) is 22.8 Å². The van der Waals surface area contributed by atoms with Crippen LogP contribution < -0.4 is 11.1 Å². The van der Waals surface area contributed by atoms with Gasteiger partial charge in [-0.25, -0.2) is 4.98 Å². The fraction of sp³-hybridized carbons (Fsp3) is 0.621. The Morgan fingerprint density at radius 1 is 1.00 bits per heavy atom. The van der Waals surface area contributed by atoms with Gasteiger partial charge in [-0.3, -0.25) is 4.57 Å². The molecule has 220 valence electrons. The summed E-state index contributed by atoms with van der Waals surface area (Å²) in [5.74, 6) is 0.796. The van der Waals surface area contributed by atoms with Gasteiger partial charge in [0.2, 0.25) is 5.95 Å². The SMILES string of the molecule is CC(C)(C)[Si](C)(C)OC[C@H]1O[C@@H](n2cnc3c(NCc4ccccc4)nc(N)nc32)C[C@@H]1O[Si](C)(C)C(C)(C)C. The second-order valence-electron chi connectivity index (χ2n) is 13.9. The lowest BCUT2D eigenvalue weighted by Gasteiger charge is -2.40. The van der Waals surface area contributed by atoms with Gasteiger partial charge in [0.25, 0.3) is 0 Å². The number of hydrogen-bond donors (Lipinski definition) is 2. The van der Waals surface area contributed by atoms with Crippen LogP contribution in [0.5, 0.6) is 0 Å². The third-order valence-electron chi connectivity index (χ3n) is 8.90. The molecule has 1 fully saturated rings. The molecule has 0 spiro atoms. The number of rotatable bonds is 9. The average Bonchev–Trinajstić information content (AvgIpc) is 3.44. The van der Waals surface area contributed by atoms with Gasteiger partial charge in [0.05, 0.1) is 19.0 Å². The minimum Gasteiger partial charge on any atom is -0.414 e. The highest BCUT2D eigenvalue weighted by Gasteiger charge is 2.47. The van der Waals surface area contributed by atoms with E-state index in [0.717, 1.165) is 5.56 Å². The maximum Gasteiger partial charge on any atom is 0.224 e. The molecule has 1 saturated heterocycles. The predicted octanol–water partition coefficient (Wildman–Crippen LogP) is 6.72. The van der Waals surface area contributed by atoms with Crippen molar-refractivity contribution in [3.8, 4) is 0 Å². The standard InChI is InChI=1S/C29H48N6O3Si2/c1-28(2,3)39(7,8)36-18-22-21(38-40(9,10)29(4,5)6)16-23(37-22)35-19-32-24-25(33-27(30)34-26(24)35)31-17-20-14-12-11-13-15-20/h11-15,19,21-23H,16-18H2,1-10H3,(H3,30,31,33,34)/t21-,22+,23+/m0/s1. The van der Waals surface area contributed by atoms with E-state index < -0.39 is 16.6 Å². The van der Waals surface area contributed by atoms with E-state index in [1.165, 1.54) is 0 Å². The van der Waals surface area contributed by atoms with Gasteiger partial charge >= 0.3 is 0 Å². The quantitative estimate of drug-likeness (QED) is 0.267. The van der Waals surface area contributed by atoms with Crippen molar-refractivity contribution in [2.45, 2.75) is 109 Å². The molecule has 0 unspecified atom stereocenters. The van der Waals surface area contributed by atoms with E-state index in [2.05, 4.69) is 100 Å². The third kappa shape index (κ3) is 6.59. The van der Waals surface area contributed by atoms with Gasteiger partial charge in [-0.2, -0.15) is 9.97 Å². The Morgan fingerprint density at radius 3 is 2.27 bits per heavy atom. The second-order valence-corrected chi connectivity index (χ2v) is 23.5. The molecule has 3 aromatic rings. The van der Waals surface area contributed by atoms with Crippen LogP contribution in [0.4, 0.5) is 11.8 Å². The van der Waals surface area contributed by atoms with E-state index in [4.69, 9.17) is 19.3 Å². The summed E-state index contributed by atoms with van der Waals surface area (Å²) in [5, 5.41) is 3.57. The van der Waals surface area contributed by atoms with Crippen LogP contribution in [0.25, 0.3) is 11.2 Å². The molecular weight excluding hydrogens is 537 g/mol. The molecule has 1 aromatic carbocycles. The fourth-order valence-corrected chi connectivity index (χ4v) is 6.63. The van der Waals surface area contributed by atoms with E-state index in [-0.39, 0.29) is 34.5 Å². The number of aromatic nitrogens is 4. The normalized spacial score (nSPS) is 20.8. The smallest absolute Gasteiger partial charge is 0.224 e. The summed E-state index contributed by atoms with van der Waals surface area (Å²) in [6.07, 6.45) is 1.87. The van der Waals surface area contributed by atoms with E-state index in [1.54, 1.807) is 6.33 Å². The number of fused-ring (bicyclic) bond motifs is 1. The Hall–Kier alpha value is -2.32. The van der Waals surface area contributed by atoms with Crippen LogP contribution in [-0.4, -0.2) is 55.0 Å². The van der Waals surface area contributed by atoms with Crippen LogP contribution in [0.2, 0.25) is 36.3 Å². The maximum absolute atomic E-state index is 6.95. The molecular formula is C29H48N6O3Si2. The molecule has 0 saturated carbocycles. The van der Waals surface area contributed by atoms with Crippen molar-refractivity contribution in [1.29, 1.82) is 0 Å². The fourth-order valence-electron chi connectivity index (χ4n) is 4.26. The molecule has 0 radical (unpaired) electrons. The largest absolute Gasteiger partial charge is 0.414 e. The molecule has 3 N–H and O–H groups in total. The first kappa shape index (κ1) is 30.6. The van der Waals surface area contributed by atoms with Gasteiger partial charge in [-0.15, -0.1) is 0 Å². The Bertz CT molecular complexity index is 1300. The summed E-state index contributed by atoms with van der Waals surface area (Å²) < 4.78 is 22.3. The van der Waals surface area contributed by atoms with E-state index in [0.29, 0.717) is 36.6 Å². The Balaban J connectivity index is 1.61. The molecule has 3 heterocycles. The van der Waals surface area contributed by atoms with Gasteiger partial charge in [0.1, 0.15) is 12.3 Å². The first-order valence-electron chi connectivity index (χ1n) is 14.2. The summed E-state index contributed by atoms with van der Waals surface area (Å²) in [4.78, 5) is 13.7. The molecule has 1 aliphatic heterocycles. The van der Waals surface area contributed by atoms with Crippen LogP contribution in [0.3, 0.4) is 0 Å². The molecule has 0 amide bonds. The number of ether oxygens (including phenoxy) is 1. The molecule has 3 atom stereocenters. The van der Waals surface area contributed by atoms with Crippen LogP contribution in [0, 0.1) is 0 Å². The molecule has 0 bridgehead atoms. The highest BCUT2D eigenvalue weighted by Crippen LogP contribution is 2.43. The van der Waals surface area contributed by atoms with Gasteiger partial charge in [-0.05, 0) is 41.8 Å². The zero-order valence-electron chi connectivity index (χ0n) is 25.9. The summed E-state index contributed by atoms with van der Waals surface area (Å²) >= 11 is 0. The number of benzene rings is 1. The Labute approximate surface area is 241 Å². The number of hydrogen-bond acceptors (Lipinski definition) is 8. The summed E-state index contributed by atoms with van der Waals surface area (Å²) in [6.45, 7) is 23.8. The minimum absolute atomic E-state index is 0.0820. The van der Waals surface area contributed by atoms with Crippen LogP contribution in [0.15, 0.2) is 36.7 Å². The molecule has 1 aliphatic rings. The van der Waals surface area contributed by atoms with Crippen molar-refractivity contribution < 1.29 is 13.6 Å². The molecule has 40 heavy (non-hydrogen) atoms. The monoisotopic (exact) mass is 584 g/mol. The lowest BCUT2D eigenvalue weighted by molar-refractivity contribution is -0.0383. The Morgan fingerprint density at radius 2 is 1.65 bits per heavy atom. The molecule has 11 heteroatoms. The predicted molar refractivity (Wildman–Crippen MR) is 167 cm³/mol. The first-order chi connectivity index (χ1) is 18.5. The number of nitrogens with zero attached hydrogens (tertiary/aromatic N) is 4. The second kappa shape index (κ2) is 11.2. The highest BCUT2D eigenvalue weighted by atomic mass is 28.4. The zero-order valence-corrected chi connectivity index (χ0v) is 27.9. The molecule has 2 aromatic heterocycles. The van der Waals surface area contributed by atoms with E-state index >= 15 is 0 Å². The Kier molecular flexibility index (Phi) is 8.55. The number of nitrogens with one attached hydrogen (secondary N) is 1. The number of imidazole rings is 1. The maximum atomic E-state index is 6.95. The van der Waals surface area contributed by atoms with Crippen molar-refractivity contribution in [3.63, 3.8) is 0 Å². The van der Waals surface area contributed by atoms with E-state index in [9.17, 15) is 0 Å². The van der Waals surface area contributed by atoms with Gasteiger partial charge in [0.15, 0.2) is 33.6 Å². The average molecular weight is 585 g/mol. The van der Waals surface area contributed by atoms with Crippen LogP contribution in [-0.2, 0) is 20.1 Å².